The van der Waals surface area contributed by atoms with Gasteiger partial charge in [-0.25, -0.2) is 9.69 Å². The molecule has 0 unspecified atom stereocenters. The van der Waals surface area contributed by atoms with Crippen LogP contribution in [0.25, 0.3) is 11.1 Å². The molecule has 1 heterocycles. The molecule has 0 aliphatic heterocycles. The van der Waals surface area contributed by atoms with Crippen LogP contribution in [-0.2, 0) is 16.0 Å². The van der Waals surface area contributed by atoms with Gasteiger partial charge in [-0.05, 0) is 80.3 Å². The summed E-state index contributed by atoms with van der Waals surface area (Å²) in [7, 11) is 0. The normalized spacial score (nSPS) is 12.2. The summed E-state index contributed by atoms with van der Waals surface area (Å²) in [5.74, 6) is -0.550. The van der Waals surface area contributed by atoms with E-state index in [2.05, 4.69) is 4.98 Å². The molecule has 7 heteroatoms. The zero-order valence-electron chi connectivity index (χ0n) is 18.3. The summed E-state index contributed by atoms with van der Waals surface area (Å²) >= 11 is 5.93. The summed E-state index contributed by atoms with van der Waals surface area (Å²) in [4.78, 5) is 31.2. The molecule has 6 nitrogen and oxygen atoms in total. The van der Waals surface area contributed by atoms with Gasteiger partial charge in [-0.15, -0.1) is 0 Å². The average Bonchev–Trinajstić information content (AvgIpc) is 2.75. The number of carbonyl (C=O) groups excluding carboxylic acids is 2. The number of aromatic nitrogens is 1. The van der Waals surface area contributed by atoms with Gasteiger partial charge in [-0.1, -0.05) is 35.9 Å². The first-order valence-corrected chi connectivity index (χ1v) is 10.6. The molecule has 0 spiro atoms. The monoisotopic (exact) mass is 451 g/mol. The van der Waals surface area contributed by atoms with Crippen molar-refractivity contribution in [2.75, 3.05) is 4.90 Å². The Balaban J connectivity index is 1.88. The number of halogens is 1. The topological polar surface area (TPSA) is 85.5 Å². The van der Waals surface area contributed by atoms with Gasteiger partial charge in [0.2, 0.25) is 0 Å². The number of anilines is 1. The van der Waals surface area contributed by atoms with Gasteiger partial charge in [0.1, 0.15) is 5.60 Å². The number of imide groups is 1. The van der Waals surface area contributed by atoms with Crippen molar-refractivity contribution in [1.29, 1.82) is 0 Å². The van der Waals surface area contributed by atoms with Crippen LogP contribution in [0.15, 0.2) is 73.1 Å². The number of hydrogen-bond acceptors (Lipinski definition) is 5. The van der Waals surface area contributed by atoms with E-state index in [9.17, 15) is 9.59 Å². The summed E-state index contributed by atoms with van der Waals surface area (Å²) in [6, 6.07) is 17.0. The first-order chi connectivity index (χ1) is 15.1. The van der Waals surface area contributed by atoms with Gasteiger partial charge in [0.05, 0.1) is 11.7 Å². The molecule has 32 heavy (non-hydrogen) atoms. The molecule has 0 saturated heterocycles. The van der Waals surface area contributed by atoms with Gasteiger partial charge in [0.25, 0.3) is 5.91 Å². The van der Waals surface area contributed by atoms with Gasteiger partial charge >= 0.3 is 6.09 Å². The highest BCUT2D eigenvalue weighted by Crippen LogP contribution is 2.25. The third kappa shape index (κ3) is 6.15. The highest BCUT2D eigenvalue weighted by Gasteiger charge is 2.32. The third-order valence-corrected chi connectivity index (χ3v) is 4.87. The van der Waals surface area contributed by atoms with Crippen molar-refractivity contribution in [1.82, 2.24) is 4.98 Å². The number of nitrogens with zero attached hydrogens (tertiary/aromatic N) is 2. The zero-order valence-corrected chi connectivity index (χ0v) is 19.0. The predicted octanol–water partition coefficient (Wildman–Crippen LogP) is 5.24. The summed E-state index contributed by atoms with van der Waals surface area (Å²) in [5.41, 5.74) is 8.56. The number of ether oxygens (including phenoxy) is 1. The Labute approximate surface area is 193 Å². The molecule has 0 aliphatic carbocycles. The number of hydrogen-bond donors (Lipinski definition) is 1. The van der Waals surface area contributed by atoms with Crippen LogP contribution in [0.3, 0.4) is 0 Å². The lowest BCUT2D eigenvalue weighted by atomic mass is 10.0. The maximum atomic E-state index is 13.3. The summed E-state index contributed by atoms with van der Waals surface area (Å²) in [6.45, 7) is 5.23. The SMILES string of the molecule is CC(C)(C)OC(=O)N(C(=O)[C@H](N)Cc1ccc(Cl)cc1)c1ccc(-c2ccncc2)cc1. The molecule has 0 radical (unpaired) electrons. The van der Waals surface area contributed by atoms with Crippen molar-refractivity contribution in [3.63, 3.8) is 0 Å². The minimum atomic E-state index is -0.941. The Hall–Kier alpha value is -3.22. The molecule has 2 amide bonds. The van der Waals surface area contributed by atoms with Crippen molar-refractivity contribution < 1.29 is 14.3 Å². The molecular weight excluding hydrogens is 426 g/mol. The van der Waals surface area contributed by atoms with Crippen molar-refractivity contribution in [2.24, 2.45) is 5.73 Å². The molecule has 1 aromatic heterocycles. The van der Waals surface area contributed by atoms with Crippen LogP contribution in [0.5, 0.6) is 0 Å². The van der Waals surface area contributed by atoms with E-state index in [0.29, 0.717) is 10.7 Å². The Kier molecular flexibility index (Phi) is 7.28. The van der Waals surface area contributed by atoms with E-state index in [1.54, 1.807) is 69.6 Å². The molecule has 0 fully saturated rings. The first kappa shape index (κ1) is 23.4. The second-order valence-corrected chi connectivity index (χ2v) is 8.81. The second kappa shape index (κ2) is 9.94. The molecule has 2 N–H and O–H groups in total. The number of benzene rings is 2. The van der Waals surface area contributed by atoms with E-state index in [-0.39, 0.29) is 6.42 Å². The number of carbonyl (C=O) groups is 2. The van der Waals surface area contributed by atoms with Crippen LogP contribution in [-0.4, -0.2) is 28.6 Å². The quantitative estimate of drug-likeness (QED) is 0.573. The van der Waals surface area contributed by atoms with Crippen molar-refractivity contribution in [3.05, 3.63) is 83.6 Å². The fourth-order valence-corrected chi connectivity index (χ4v) is 3.23. The fourth-order valence-electron chi connectivity index (χ4n) is 3.11. The number of rotatable bonds is 5. The maximum absolute atomic E-state index is 13.3. The van der Waals surface area contributed by atoms with Gasteiger partial charge in [0.15, 0.2) is 0 Å². The Morgan fingerprint density at radius 2 is 1.53 bits per heavy atom. The van der Waals surface area contributed by atoms with E-state index in [0.717, 1.165) is 21.6 Å². The molecule has 1 atom stereocenters. The standard InChI is InChI=1S/C25H26ClN3O3/c1-25(2,3)32-24(31)29(23(30)22(27)16-17-4-8-20(26)9-5-17)21-10-6-18(7-11-21)19-12-14-28-15-13-19/h4-15,22H,16,27H2,1-3H3/t22-/m1/s1. The third-order valence-electron chi connectivity index (χ3n) is 4.62. The predicted molar refractivity (Wildman–Crippen MR) is 127 cm³/mol. The van der Waals surface area contributed by atoms with Crippen LogP contribution < -0.4 is 10.6 Å². The minimum absolute atomic E-state index is 0.254. The van der Waals surface area contributed by atoms with Crippen LogP contribution in [0.1, 0.15) is 26.3 Å². The highest BCUT2D eigenvalue weighted by atomic mass is 35.5. The largest absolute Gasteiger partial charge is 0.443 e. The van der Waals surface area contributed by atoms with Crippen LogP contribution in [0.4, 0.5) is 10.5 Å². The van der Waals surface area contributed by atoms with E-state index >= 15 is 0 Å². The van der Waals surface area contributed by atoms with Crippen molar-refractivity contribution >= 4 is 29.3 Å². The Morgan fingerprint density at radius 1 is 0.969 bits per heavy atom. The van der Waals surface area contributed by atoms with Crippen molar-refractivity contribution in [3.8, 4) is 11.1 Å². The van der Waals surface area contributed by atoms with Gasteiger partial charge in [-0.2, -0.15) is 0 Å². The van der Waals surface area contributed by atoms with Crippen LogP contribution in [0, 0.1) is 0 Å². The highest BCUT2D eigenvalue weighted by molar-refractivity contribution is 6.30. The molecular formula is C25H26ClN3O3. The summed E-state index contributed by atoms with van der Waals surface area (Å²) in [6.07, 6.45) is 2.89. The summed E-state index contributed by atoms with van der Waals surface area (Å²) in [5, 5.41) is 0.596. The van der Waals surface area contributed by atoms with Gasteiger partial charge < -0.3 is 10.5 Å². The van der Waals surface area contributed by atoms with E-state index in [1.165, 1.54) is 0 Å². The lowest BCUT2D eigenvalue weighted by Crippen LogP contribution is -2.49. The minimum Gasteiger partial charge on any atom is -0.443 e. The van der Waals surface area contributed by atoms with Crippen molar-refractivity contribution in [2.45, 2.75) is 38.8 Å². The first-order valence-electron chi connectivity index (χ1n) is 10.2. The number of nitrogens with two attached hydrogens (primary N) is 1. The zero-order chi connectivity index (χ0) is 23.3. The lowest BCUT2D eigenvalue weighted by molar-refractivity contribution is -0.119. The van der Waals surface area contributed by atoms with Crippen LogP contribution in [0.2, 0.25) is 5.02 Å². The smallest absolute Gasteiger partial charge is 0.421 e. The Morgan fingerprint density at radius 3 is 2.09 bits per heavy atom. The average molecular weight is 452 g/mol. The van der Waals surface area contributed by atoms with E-state index in [4.69, 9.17) is 22.1 Å². The molecule has 0 bridgehead atoms. The number of pyridine rings is 1. The summed E-state index contributed by atoms with van der Waals surface area (Å²) < 4.78 is 5.49. The molecule has 0 saturated carbocycles. The van der Waals surface area contributed by atoms with Gasteiger partial charge in [-0.3, -0.25) is 9.78 Å². The molecule has 0 aliphatic rings. The maximum Gasteiger partial charge on any atom is 0.421 e. The second-order valence-electron chi connectivity index (χ2n) is 8.37. The van der Waals surface area contributed by atoms with Crippen LogP contribution >= 0.6 is 11.6 Å². The molecule has 166 valence electrons. The van der Waals surface area contributed by atoms with E-state index < -0.39 is 23.6 Å². The van der Waals surface area contributed by atoms with Gasteiger partial charge in [0, 0.05) is 17.4 Å². The Bertz CT molecular complexity index is 1060. The molecule has 3 aromatic rings. The van der Waals surface area contributed by atoms with E-state index in [1.807, 2.05) is 24.3 Å². The number of amides is 2. The lowest BCUT2D eigenvalue weighted by Gasteiger charge is -2.28. The molecule has 2 aromatic carbocycles. The molecule has 3 rings (SSSR count). The fraction of sp³-hybridized carbons (Fsp3) is 0.240.